The molecule has 3 rings (SSSR count). The van der Waals surface area contributed by atoms with Gasteiger partial charge in [-0.3, -0.25) is 14.5 Å². The molecule has 0 saturated carbocycles. The molecule has 2 aliphatic rings. The summed E-state index contributed by atoms with van der Waals surface area (Å²) in [6.45, 7) is 0. The Balaban J connectivity index is 1.73. The number of amides is 2. The van der Waals surface area contributed by atoms with Crippen molar-refractivity contribution in [3.05, 3.63) is 17.1 Å². The number of carbonyl (C=O) groups is 4. The minimum atomic E-state index is -1.50. The third-order valence-electron chi connectivity index (χ3n) is 3.46. The van der Waals surface area contributed by atoms with Crippen LogP contribution in [-0.2, 0) is 25.6 Å². The Bertz CT molecular complexity index is 761. The van der Waals surface area contributed by atoms with Crippen molar-refractivity contribution in [2.24, 2.45) is 0 Å². The van der Waals surface area contributed by atoms with Gasteiger partial charge in [-0.2, -0.15) is 0 Å². The van der Waals surface area contributed by atoms with Gasteiger partial charge in [-0.05, 0) is 10.4 Å². The molecule has 2 amide bonds. The van der Waals surface area contributed by atoms with Crippen molar-refractivity contribution in [1.82, 2.24) is 30.8 Å². The van der Waals surface area contributed by atoms with Crippen LogP contribution in [0.3, 0.4) is 0 Å². The highest BCUT2D eigenvalue weighted by molar-refractivity contribution is 8.00. The van der Waals surface area contributed by atoms with Crippen LogP contribution in [0.2, 0.25) is 0 Å². The van der Waals surface area contributed by atoms with Gasteiger partial charge in [-0.1, -0.05) is 0 Å². The van der Waals surface area contributed by atoms with E-state index in [2.05, 4.69) is 25.9 Å². The molecule has 4 N–H and O–H groups in total. The van der Waals surface area contributed by atoms with Crippen molar-refractivity contribution >= 4 is 35.5 Å². The summed E-state index contributed by atoms with van der Waals surface area (Å²) in [5, 5.41) is 32.7. The number of aromatic nitrogens is 4. The first kappa shape index (κ1) is 15.9. The van der Waals surface area contributed by atoms with Crippen LogP contribution >= 0.6 is 11.8 Å². The SMILES string of the molecule is O=C(Cc1nnn[nH]1)NC1C(=O)N2C(C(=O)O)=C(C(=O)O)CS[C@@H]12. The molecule has 0 aliphatic carbocycles. The van der Waals surface area contributed by atoms with E-state index in [0.29, 0.717) is 0 Å². The van der Waals surface area contributed by atoms with Crippen LogP contribution in [0, 0.1) is 0 Å². The molecule has 24 heavy (non-hydrogen) atoms. The van der Waals surface area contributed by atoms with Gasteiger partial charge >= 0.3 is 11.9 Å². The Labute approximate surface area is 137 Å². The quantitative estimate of drug-likeness (QED) is 0.415. The number of nitrogens with zero attached hydrogens (tertiary/aromatic N) is 4. The third-order valence-corrected chi connectivity index (χ3v) is 4.74. The van der Waals surface area contributed by atoms with E-state index < -0.39 is 40.9 Å². The van der Waals surface area contributed by atoms with E-state index in [1.165, 1.54) is 0 Å². The highest BCUT2D eigenvalue weighted by atomic mass is 32.2. The van der Waals surface area contributed by atoms with E-state index in [-0.39, 0.29) is 23.6 Å². The number of carboxylic acid groups (broad SMARTS) is 2. The summed E-state index contributed by atoms with van der Waals surface area (Å²) < 4.78 is 0. The molecule has 1 aromatic rings. The first-order chi connectivity index (χ1) is 11.4. The smallest absolute Gasteiger partial charge is 0.353 e. The lowest BCUT2D eigenvalue weighted by Gasteiger charge is -2.48. The summed E-state index contributed by atoms with van der Waals surface area (Å²) >= 11 is 1.07. The second-order valence-corrected chi connectivity index (χ2v) is 6.02. The van der Waals surface area contributed by atoms with E-state index in [4.69, 9.17) is 5.11 Å². The molecule has 1 saturated heterocycles. The largest absolute Gasteiger partial charge is 0.478 e. The predicted molar refractivity (Wildman–Crippen MR) is 75.2 cm³/mol. The molecule has 0 spiro atoms. The van der Waals surface area contributed by atoms with Gasteiger partial charge in [0, 0.05) is 5.75 Å². The van der Waals surface area contributed by atoms with Gasteiger partial charge in [0.2, 0.25) is 5.91 Å². The Morgan fingerprint density at radius 1 is 1.33 bits per heavy atom. The average molecular weight is 354 g/mol. The number of tetrazole rings is 1. The van der Waals surface area contributed by atoms with Crippen molar-refractivity contribution in [2.75, 3.05) is 5.75 Å². The van der Waals surface area contributed by atoms with Crippen molar-refractivity contribution in [1.29, 1.82) is 0 Å². The van der Waals surface area contributed by atoms with Crippen molar-refractivity contribution in [3.8, 4) is 0 Å². The highest BCUT2D eigenvalue weighted by Crippen LogP contribution is 2.40. The minimum Gasteiger partial charge on any atom is -0.478 e. The molecule has 1 unspecified atom stereocenters. The molecule has 13 heteroatoms. The fraction of sp³-hybridized carbons (Fsp3) is 0.364. The number of fused-ring (bicyclic) bond motifs is 1. The number of nitrogens with one attached hydrogen (secondary N) is 2. The number of carboxylic acids is 2. The van der Waals surface area contributed by atoms with Gasteiger partial charge in [0.05, 0.1) is 12.0 Å². The lowest BCUT2D eigenvalue weighted by Crippen LogP contribution is -2.70. The molecular weight excluding hydrogens is 344 g/mol. The number of hydrogen-bond donors (Lipinski definition) is 4. The number of β-lactam (4-membered cyclic amide) rings is 1. The zero-order chi connectivity index (χ0) is 17.4. The molecule has 2 aliphatic heterocycles. The lowest BCUT2D eigenvalue weighted by molar-refractivity contribution is -0.151. The fourth-order valence-electron chi connectivity index (χ4n) is 2.41. The van der Waals surface area contributed by atoms with E-state index in [9.17, 15) is 24.3 Å². The second kappa shape index (κ2) is 5.92. The third kappa shape index (κ3) is 2.58. The molecule has 12 nitrogen and oxygen atoms in total. The number of aromatic amines is 1. The molecule has 0 aromatic carbocycles. The second-order valence-electron chi connectivity index (χ2n) is 4.92. The number of thioether (sulfide) groups is 1. The highest BCUT2D eigenvalue weighted by Gasteiger charge is 2.54. The molecule has 2 atom stereocenters. The minimum absolute atomic E-state index is 0.0796. The fourth-order valence-corrected chi connectivity index (χ4v) is 3.75. The number of aliphatic carboxylic acids is 2. The van der Waals surface area contributed by atoms with Crippen LogP contribution in [0.15, 0.2) is 11.3 Å². The maximum Gasteiger partial charge on any atom is 0.353 e. The first-order valence-electron chi connectivity index (χ1n) is 6.56. The summed E-state index contributed by atoms with van der Waals surface area (Å²) in [4.78, 5) is 47.4. The molecular formula is C11H10N6O6S. The van der Waals surface area contributed by atoms with Crippen molar-refractivity contribution in [3.63, 3.8) is 0 Å². The summed E-state index contributed by atoms with van der Waals surface area (Å²) in [6.07, 6.45) is -0.170. The Hall–Kier alpha value is -2.96. The Kier molecular flexibility index (Phi) is 3.92. The molecule has 3 heterocycles. The standard InChI is InChI=1S/C11H10N6O6S/c18-5(1-4-13-15-16-14-4)12-6-8(19)17-7(11(22)23)3(10(20)21)2-24-9(6)17/h6,9H,1-2H2,(H,12,18)(H,20,21)(H,22,23)(H,13,14,15,16)/t6?,9-/m0/s1. The van der Waals surface area contributed by atoms with Gasteiger partial charge in [-0.25, -0.2) is 14.7 Å². The molecule has 1 fully saturated rings. The lowest BCUT2D eigenvalue weighted by atomic mass is 10.0. The van der Waals surface area contributed by atoms with E-state index in [0.717, 1.165) is 16.7 Å². The predicted octanol–water partition coefficient (Wildman–Crippen LogP) is -2.43. The zero-order valence-corrected chi connectivity index (χ0v) is 12.6. The van der Waals surface area contributed by atoms with Crippen LogP contribution in [0.25, 0.3) is 0 Å². The van der Waals surface area contributed by atoms with Gasteiger partial charge in [0.1, 0.15) is 17.1 Å². The average Bonchev–Trinajstić information content (AvgIpc) is 3.03. The van der Waals surface area contributed by atoms with Crippen LogP contribution in [0.4, 0.5) is 0 Å². The summed E-state index contributed by atoms with van der Waals surface area (Å²) in [5.41, 5.74) is -0.907. The van der Waals surface area contributed by atoms with E-state index >= 15 is 0 Å². The molecule has 1 aromatic heterocycles. The maximum absolute atomic E-state index is 12.2. The van der Waals surface area contributed by atoms with Crippen LogP contribution < -0.4 is 5.32 Å². The van der Waals surface area contributed by atoms with Crippen molar-refractivity contribution < 1.29 is 29.4 Å². The Morgan fingerprint density at radius 3 is 2.67 bits per heavy atom. The normalized spacial score (nSPS) is 22.7. The maximum atomic E-state index is 12.2. The number of H-pyrrole nitrogens is 1. The van der Waals surface area contributed by atoms with Crippen LogP contribution in [0.5, 0.6) is 0 Å². The number of carbonyl (C=O) groups excluding carboxylic acids is 2. The van der Waals surface area contributed by atoms with Gasteiger partial charge in [-0.15, -0.1) is 16.9 Å². The van der Waals surface area contributed by atoms with Gasteiger partial charge in [0.15, 0.2) is 5.82 Å². The topological polar surface area (TPSA) is 178 Å². The van der Waals surface area contributed by atoms with Gasteiger partial charge < -0.3 is 15.5 Å². The number of rotatable bonds is 5. The Morgan fingerprint density at radius 2 is 2.08 bits per heavy atom. The van der Waals surface area contributed by atoms with E-state index in [1.54, 1.807) is 0 Å². The zero-order valence-electron chi connectivity index (χ0n) is 11.8. The summed E-state index contributed by atoms with van der Waals surface area (Å²) in [5.74, 6) is -3.94. The molecule has 126 valence electrons. The number of hydrogen-bond acceptors (Lipinski definition) is 8. The molecule has 0 bridgehead atoms. The van der Waals surface area contributed by atoms with E-state index in [1.807, 2.05) is 0 Å². The summed E-state index contributed by atoms with van der Waals surface area (Å²) in [6, 6.07) is -0.928. The molecule has 0 radical (unpaired) electrons. The van der Waals surface area contributed by atoms with Gasteiger partial charge in [0.25, 0.3) is 5.91 Å². The monoisotopic (exact) mass is 354 g/mol. The van der Waals surface area contributed by atoms with Crippen LogP contribution in [-0.4, -0.2) is 76.7 Å². The van der Waals surface area contributed by atoms with Crippen LogP contribution in [0.1, 0.15) is 5.82 Å². The first-order valence-corrected chi connectivity index (χ1v) is 7.61. The van der Waals surface area contributed by atoms with Crippen molar-refractivity contribution in [2.45, 2.75) is 17.8 Å². The summed E-state index contributed by atoms with van der Waals surface area (Å²) in [7, 11) is 0.